The summed E-state index contributed by atoms with van der Waals surface area (Å²) in [6.45, 7) is 2.31. The predicted octanol–water partition coefficient (Wildman–Crippen LogP) is 4.04. The Morgan fingerprint density at radius 2 is 2.11 bits per heavy atom. The second-order valence-electron chi connectivity index (χ2n) is 5.94. The normalized spacial score (nSPS) is 16.7. The number of fused-ring (bicyclic) bond motifs is 1. The molecule has 1 aliphatic rings. The van der Waals surface area contributed by atoms with Crippen molar-refractivity contribution >= 4 is 10.8 Å². The molecule has 1 aromatic carbocycles. The van der Waals surface area contributed by atoms with Crippen LogP contribution in [-0.4, -0.2) is 4.98 Å². The van der Waals surface area contributed by atoms with Crippen LogP contribution >= 0.6 is 0 Å². The number of hydrogen-bond donors (Lipinski definition) is 1. The Morgan fingerprint density at radius 3 is 2.84 bits per heavy atom. The molecule has 100 valence electrons. The summed E-state index contributed by atoms with van der Waals surface area (Å²) in [4.78, 5) is 14.5. The lowest BCUT2D eigenvalue weighted by Gasteiger charge is -2.11. The highest BCUT2D eigenvalue weighted by Gasteiger charge is 2.39. The van der Waals surface area contributed by atoms with Gasteiger partial charge in [-0.1, -0.05) is 25.5 Å². The summed E-state index contributed by atoms with van der Waals surface area (Å²) >= 11 is 0. The maximum absolute atomic E-state index is 11.8. The highest BCUT2D eigenvalue weighted by Crippen LogP contribution is 2.52. The predicted molar refractivity (Wildman–Crippen MR) is 79.5 cm³/mol. The third-order valence-corrected chi connectivity index (χ3v) is 4.72. The summed E-state index contributed by atoms with van der Waals surface area (Å²) in [5, 5.41) is 1.84. The van der Waals surface area contributed by atoms with Crippen molar-refractivity contribution < 1.29 is 0 Å². The van der Waals surface area contributed by atoms with Crippen molar-refractivity contribution in [1.29, 1.82) is 0 Å². The number of aromatic amines is 1. The van der Waals surface area contributed by atoms with E-state index in [-0.39, 0.29) is 5.56 Å². The third kappa shape index (κ3) is 2.58. The molecule has 2 aromatic rings. The molecule has 0 bridgehead atoms. The SMILES string of the molecule is CCC1(CCCc2ccc3cc[nH]c(=O)c3c2)CC1. The van der Waals surface area contributed by atoms with Gasteiger partial charge < -0.3 is 4.98 Å². The molecule has 0 atom stereocenters. The lowest BCUT2D eigenvalue weighted by atomic mass is 9.94. The van der Waals surface area contributed by atoms with E-state index in [2.05, 4.69) is 30.1 Å². The van der Waals surface area contributed by atoms with Crippen LogP contribution in [0.4, 0.5) is 0 Å². The Kier molecular flexibility index (Phi) is 3.17. The maximum Gasteiger partial charge on any atom is 0.255 e. The number of pyridine rings is 1. The van der Waals surface area contributed by atoms with Gasteiger partial charge in [-0.05, 0) is 60.6 Å². The second kappa shape index (κ2) is 4.84. The van der Waals surface area contributed by atoms with Crippen LogP contribution in [-0.2, 0) is 6.42 Å². The summed E-state index contributed by atoms with van der Waals surface area (Å²) in [5.74, 6) is 0. The van der Waals surface area contributed by atoms with Crippen LogP contribution < -0.4 is 5.56 Å². The summed E-state index contributed by atoms with van der Waals surface area (Å²) in [7, 11) is 0. The lowest BCUT2D eigenvalue weighted by molar-refractivity contribution is 0.434. The number of aromatic nitrogens is 1. The van der Waals surface area contributed by atoms with Gasteiger partial charge in [0.25, 0.3) is 5.56 Å². The van der Waals surface area contributed by atoms with Crippen LogP contribution in [0.5, 0.6) is 0 Å². The van der Waals surface area contributed by atoms with Gasteiger partial charge in [0.2, 0.25) is 0 Å². The zero-order valence-electron chi connectivity index (χ0n) is 11.5. The molecule has 0 saturated heterocycles. The van der Waals surface area contributed by atoms with Gasteiger partial charge in [0, 0.05) is 11.6 Å². The van der Waals surface area contributed by atoms with Crippen molar-refractivity contribution in [2.75, 3.05) is 0 Å². The number of benzene rings is 1. The molecule has 0 aliphatic heterocycles. The summed E-state index contributed by atoms with van der Waals surface area (Å²) < 4.78 is 0. The van der Waals surface area contributed by atoms with Gasteiger partial charge in [-0.2, -0.15) is 0 Å². The Labute approximate surface area is 113 Å². The standard InChI is InChI=1S/C17H21NO/c1-2-17(9-10-17)8-3-4-13-5-6-14-7-11-18-16(19)15(14)12-13/h5-7,11-12H,2-4,8-10H2,1H3,(H,18,19). The Hall–Kier alpha value is -1.57. The minimum absolute atomic E-state index is 0.0200. The summed E-state index contributed by atoms with van der Waals surface area (Å²) in [6, 6.07) is 8.23. The van der Waals surface area contributed by atoms with Crippen molar-refractivity contribution in [3.63, 3.8) is 0 Å². The molecule has 19 heavy (non-hydrogen) atoms. The topological polar surface area (TPSA) is 32.9 Å². The lowest BCUT2D eigenvalue weighted by Crippen LogP contribution is -2.05. The van der Waals surface area contributed by atoms with E-state index >= 15 is 0 Å². The molecule has 0 radical (unpaired) electrons. The largest absolute Gasteiger partial charge is 0.329 e. The number of aryl methyl sites for hydroxylation is 1. The van der Waals surface area contributed by atoms with Crippen molar-refractivity contribution in [3.05, 3.63) is 46.4 Å². The zero-order chi connectivity index (χ0) is 13.3. The van der Waals surface area contributed by atoms with E-state index in [1.165, 1.54) is 37.7 Å². The molecule has 0 spiro atoms. The van der Waals surface area contributed by atoms with Gasteiger partial charge >= 0.3 is 0 Å². The molecule has 1 aliphatic carbocycles. The Bertz CT molecular complexity index is 637. The van der Waals surface area contributed by atoms with E-state index in [1.807, 2.05) is 6.07 Å². The first kappa shape index (κ1) is 12.5. The van der Waals surface area contributed by atoms with Gasteiger partial charge in [0.1, 0.15) is 0 Å². The smallest absolute Gasteiger partial charge is 0.255 e. The molecule has 0 unspecified atom stereocenters. The molecule has 0 amide bonds. The van der Waals surface area contributed by atoms with Crippen LogP contribution in [0.2, 0.25) is 0 Å². The monoisotopic (exact) mass is 255 g/mol. The van der Waals surface area contributed by atoms with Gasteiger partial charge in [-0.15, -0.1) is 0 Å². The highest BCUT2D eigenvalue weighted by molar-refractivity contribution is 5.81. The molecule has 1 aromatic heterocycles. The van der Waals surface area contributed by atoms with E-state index in [9.17, 15) is 4.79 Å². The molecular weight excluding hydrogens is 234 g/mol. The minimum Gasteiger partial charge on any atom is -0.329 e. The van der Waals surface area contributed by atoms with E-state index in [1.54, 1.807) is 6.20 Å². The average Bonchev–Trinajstić information content (AvgIpc) is 3.20. The fraction of sp³-hybridized carbons (Fsp3) is 0.471. The first-order chi connectivity index (χ1) is 9.22. The van der Waals surface area contributed by atoms with Gasteiger partial charge in [0.05, 0.1) is 0 Å². The van der Waals surface area contributed by atoms with Crippen LogP contribution in [0.1, 0.15) is 44.6 Å². The fourth-order valence-electron chi connectivity index (χ4n) is 3.01. The van der Waals surface area contributed by atoms with E-state index < -0.39 is 0 Å². The second-order valence-corrected chi connectivity index (χ2v) is 5.94. The molecule has 2 nitrogen and oxygen atoms in total. The van der Waals surface area contributed by atoms with Gasteiger partial charge in [0.15, 0.2) is 0 Å². The molecule has 1 heterocycles. The van der Waals surface area contributed by atoms with Crippen LogP contribution in [0.25, 0.3) is 10.8 Å². The quantitative estimate of drug-likeness (QED) is 0.859. The van der Waals surface area contributed by atoms with Crippen molar-refractivity contribution in [2.24, 2.45) is 5.41 Å². The first-order valence-electron chi connectivity index (χ1n) is 7.33. The van der Waals surface area contributed by atoms with Crippen molar-refractivity contribution in [3.8, 4) is 0 Å². The third-order valence-electron chi connectivity index (χ3n) is 4.72. The Morgan fingerprint density at radius 1 is 1.26 bits per heavy atom. The minimum atomic E-state index is 0.0200. The van der Waals surface area contributed by atoms with Crippen LogP contribution in [0, 0.1) is 5.41 Å². The average molecular weight is 255 g/mol. The molecule has 2 heteroatoms. The first-order valence-corrected chi connectivity index (χ1v) is 7.33. The van der Waals surface area contributed by atoms with E-state index in [0.717, 1.165) is 17.2 Å². The van der Waals surface area contributed by atoms with Gasteiger partial charge in [-0.25, -0.2) is 0 Å². The summed E-state index contributed by atoms with van der Waals surface area (Å²) in [6.07, 6.45) is 9.54. The van der Waals surface area contributed by atoms with Crippen molar-refractivity contribution in [1.82, 2.24) is 4.98 Å². The number of hydrogen-bond acceptors (Lipinski definition) is 1. The highest BCUT2D eigenvalue weighted by atomic mass is 16.1. The van der Waals surface area contributed by atoms with Gasteiger partial charge in [-0.3, -0.25) is 4.79 Å². The van der Waals surface area contributed by atoms with E-state index in [0.29, 0.717) is 5.41 Å². The molecule has 3 rings (SSSR count). The molecular formula is C17H21NO. The molecule has 1 fully saturated rings. The maximum atomic E-state index is 11.8. The summed E-state index contributed by atoms with van der Waals surface area (Å²) in [5.41, 5.74) is 1.98. The number of H-pyrrole nitrogens is 1. The van der Waals surface area contributed by atoms with Crippen molar-refractivity contribution in [2.45, 2.75) is 45.4 Å². The van der Waals surface area contributed by atoms with Crippen LogP contribution in [0.3, 0.4) is 0 Å². The van der Waals surface area contributed by atoms with E-state index in [4.69, 9.17) is 0 Å². The molecule has 1 saturated carbocycles. The number of nitrogens with one attached hydrogen (secondary N) is 1. The Balaban J connectivity index is 1.71. The zero-order valence-corrected chi connectivity index (χ0v) is 11.5. The number of rotatable bonds is 5. The van der Waals surface area contributed by atoms with Crippen LogP contribution in [0.15, 0.2) is 35.3 Å². The fourth-order valence-corrected chi connectivity index (χ4v) is 3.01. The molecule has 1 N–H and O–H groups in total.